The lowest BCUT2D eigenvalue weighted by Gasteiger charge is -2.26. The summed E-state index contributed by atoms with van der Waals surface area (Å²) >= 11 is 0. The van der Waals surface area contributed by atoms with E-state index in [1.54, 1.807) is 12.1 Å². The average molecular weight is 699 g/mol. The minimum atomic E-state index is -5.05. The van der Waals surface area contributed by atoms with E-state index >= 15 is 8.78 Å². The highest BCUT2D eigenvalue weighted by Crippen LogP contribution is 2.35. The van der Waals surface area contributed by atoms with E-state index in [2.05, 4.69) is 13.0 Å². The van der Waals surface area contributed by atoms with Gasteiger partial charge in [-0.05, 0) is 96.0 Å². The molecule has 50 heavy (non-hydrogen) atoms. The summed E-state index contributed by atoms with van der Waals surface area (Å²) in [5, 5.41) is -1.37. The lowest BCUT2D eigenvalue weighted by atomic mass is 9.79. The zero-order chi connectivity index (χ0) is 36.0. The number of rotatable bonds is 10. The van der Waals surface area contributed by atoms with Gasteiger partial charge in [0.15, 0.2) is 5.82 Å². The molecule has 0 spiro atoms. The van der Waals surface area contributed by atoms with Crippen molar-refractivity contribution in [2.24, 2.45) is 11.8 Å². The molecule has 1 saturated carbocycles. The molecule has 4 aromatic rings. The molecule has 0 bridgehead atoms. The summed E-state index contributed by atoms with van der Waals surface area (Å²) in [5.74, 6) is -4.05. The van der Waals surface area contributed by atoms with E-state index in [9.17, 15) is 30.7 Å². The first-order chi connectivity index (χ1) is 23.8. The molecular weight excluding hydrogens is 663 g/mol. The summed E-state index contributed by atoms with van der Waals surface area (Å²) in [6.45, 7) is 2.21. The van der Waals surface area contributed by atoms with Crippen molar-refractivity contribution in [2.75, 3.05) is 0 Å². The Hall–Kier alpha value is -4.45. The predicted molar refractivity (Wildman–Crippen MR) is 181 cm³/mol. The standard InChI is InChI=1S/C41H35F9/c1-2-3-4-5-6-25-7-9-26(10-8-25)11-12-27-13-15-29(33(42)19-27)16-14-28-20-35(44)38(36(45)21-28)30-22-31-23-34(43)32(17-18-41(48,49)50)40(47)39(31)37(46)24-30/h11-16,19-26H,2-10H2,1H3/b12-11+,16-14+. The monoisotopic (exact) mass is 698 g/mol. The van der Waals surface area contributed by atoms with Gasteiger partial charge in [0.1, 0.15) is 29.1 Å². The van der Waals surface area contributed by atoms with Crippen molar-refractivity contribution in [1.29, 1.82) is 0 Å². The van der Waals surface area contributed by atoms with E-state index in [-0.39, 0.29) is 11.1 Å². The Labute approximate surface area is 285 Å². The zero-order valence-corrected chi connectivity index (χ0v) is 27.3. The van der Waals surface area contributed by atoms with Gasteiger partial charge < -0.3 is 0 Å². The summed E-state index contributed by atoms with van der Waals surface area (Å²) in [7, 11) is 0. The highest BCUT2D eigenvalue weighted by Gasteiger charge is 2.25. The van der Waals surface area contributed by atoms with E-state index in [0.29, 0.717) is 23.6 Å². The maximum Gasteiger partial charge on any atom is 0.458 e. The van der Waals surface area contributed by atoms with E-state index < -0.39 is 68.5 Å². The van der Waals surface area contributed by atoms with E-state index in [1.807, 2.05) is 6.08 Å². The molecule has 1 fully saturated rings. The molecule has 0 aliphatic heterocycles. The Balaban J connectivity index is 1.28. The predicted octanol–water partition coefficient (Wildman–Crippen LogP) is 13.2. The van der Waals surface area contributed by atoms with Crippen LogP contribution in [0.25, 0.3) is 40.1 Å². The molecule has 0 amide bonds. The third-order valence-electron chi connectivity index (χ3n) is 9.16. The Morgan fingerprint density at radius 2 is 1.40 bits per heavy atom. The zero-order valence-electron chi connectivity index (χ0n) is 27.3. The van der Waals surface area contributed by atoms with Crippen LogP contribution in [0.5, 0.6) is 0 Å². The van der Waals surface area contributed by atoms with Crippen LogP contribution in [0.4, 0.5) is 39.5 Å². The number of benzene rings is 4. The fraction of sp³-hybridized carbons (Fsp3) is 0.317. The van der Waals surface area contributed by atoms with Crippen molar-refractivity contribution in [2.45, 2.75) is 70.9 Å². The van der Waals surface area contributed by atoms with Crippen molar-refractivity contribution < 1.29 is 39.5 Å². The van der Waals surface area contributed by atoms with E-state index in [1.165, 1.54) is 69.1 Å². The topological polar surface area (TPSA) is 0 Å². The number of unbranched alkanes of at least 4 members (excludes halogenated alkanes) is 3. The van der Waals surface area contributed by atoms with Crippen molar-refractivity contribution in [3.05, 3.63) is 112 Å². The summed E-state index contributed by atoms with van der Waals surface area (Å²) in [4.78, 5) is 0. The van der Waals surface area contributed by atoms with Crippen LogP contribution in [0.15, 0.2) is 54.6 Å². The molecule has 0 radical (unpaired) electrons. The van der Waals surface area contributed by atoms with E-state index in [4.69, 9.17) is 0 Å². The molecule has 4 aromatic carbocycles. The largest absolute Gasteiger partial charge is 0.458 e. The van der Waals surface area contributed by atoms with Crippen LogP contribution < -0.4 is 0 Å². The van der Waals surface area contributed by atoms with Gasteiger partial charge in [0.25, 0.3) is 0 Å². The van der Waals surface area contributed by atoms with Crippen LogP contribution >= 0.6 is 0 Å². The van der Waals surface area contributed by atoms with Gasteiger partial charge in [-0.2, -0.15) is 13.2 Å². The Bertz CT molecular complexity index is 1940. The average Bonchev–Trinajstić information content (AvgIpc) is 3.04. The van der Waals surface area contributed by atoms with Crippen LogP contribution in [-0.2, 0) is 0 Å². The van der Waals surface area contributed by atoms with Gasteiger partial charge in [-0.1, -0.05) is 81.4 Å². The highest BCUT2D eigenvalue weighted by atomic mass is 19.4. The molecule has 262 valence electrons. The Morgan fingerprint density at radius 1 is 0.700 bits per heavy atom. The normalized spacial score (nSPS) is 16.8. The molecule has 0 saturated heterocycles. The first-order valence-electron chi connectivity index (χ1n) is 16.7. The molecule has 0 N–H and O–H groups in total. The van der Waals surface area contributed by atoms with E-state index in [0.717, 1.165) is 42.9 Å². The summed E-state index contributed by atoms with van der Waals surface area (Å²) in [5.41, 5.74) is -1.48. The van der Waals surface area contributed by atoms with Gasteiger partial charge >= 0.3 is 6.18 Å². The molecule has 9 heteroatoms. The van der Waals surface area contributed by atoms with Crippen molar-refractivity contribution in [3.8, 4) is 23.0 Å². The minimum Gasteiger partial charge on any atom is -0.206 e. The van der Waals surface area contributed by atoms with Crippen molar-refractivity contribution in [1.82, 2.24) is 0 Å². The van der Waals surface area contributed by atoms with Crippen LogP contribution in [0, 0.1) is 58.6 Å². The number of hydrogen-bond acceptors (Lipinski definition) is 0. The maximum atomic E-state index is 15.2. The van der Waals surface area contributed by atoms with Gasteiger partial charge in [0, 0.05) is 11.5 Å². The van der Waals surface area contributed by atoms with Crippen LogP contribution in [0.3, 0.4) is 0 Å². The molecule has 0 heterocycles. The molecule has 0 unspecified atom stereocenters. The maximum absolute atomic E-state index is 15.2. The van der Waals surface area contributed by atoms with Gasteiger partial charge in [0.2, 0.25) is 0 Å². The number of halogens is 9. The summed E-state index contributed by atoms with van der Waals surface area (Å²) < 4.78 is 127. The van der Waals surface area contributed by atoms with Gasteiger partial charge in [-0.15, -0.1) is 0 Å². The lowest BCUT2D eigenvalue weighted by Crippen LogP contribution is -2.13. The fourth-order valence-corrected chi connectivity index (χ4v) is 6.51. The lowest BCUT2D eigenvalue weighted by molar-refractivity contribution is -0.0696. The number of fused-ring (bicyclic) bond motifs is 1. The first-order valence-corrected chi connectivity index (χ1v) is 16.7. The third-order valence-corrected chi connectivity index (χ3v) is 9.16. The number of alkyl halides is 3. The Kier molecular flexibility index (Phi) is 11.8. The van der Waals surface area contributed by atoms with Crippen LogP contribution in [0.1, 0.15) is 87.0 Å². The van der Waals surface area contributed by atoms with Gasteiger partial charge in [-0.25, -0.2) is 26.3 Å². The molecule has 0 nitrogen and oxygen atoms in total. The first kappa shape index (κ1) is 36.8. The second-order valence-corrected chi connectivity index (χ2v) is 12.8. The smallest absolute Gasteiger partial charge is 0.206 e. The van der Waals surface area contributed by atoms with Crippen molar-refractivity contribution in [3.63, 3.8) is 0 Å². The third kappa shape index (κ3) is 9.21. The second-order valence-electron chi connectivity index (χ2n) is 12.8. The molecule has 0 atom stereocenters. The highest BCUT2D eigenvalue weighted by molar-refractivity contribution is 5.90. The number of hydrogen-bond donors (Lipinski definition) is 0. The van der Waals surface area contributed by atoms with Crippen LogP contribution in [-0.4, -0.2) is 6.18 Å². The summed E-state index contributed by atoms with van der Waals surface area (Å²) in [6.07, 6.45) is 12.8. The molecular formula is C41H35F9. The fourth-order valence-electron chi connectivity index (χ4n) is 6.51. The molecule has 1 aliphatic rings. The van der Waals surface area contributed by atoms with Gasteiger partial charge in [0.05, 0.1) is 16.5 Å². The van der Waals surface area contributed by atoms with Crippen molar-refractivity contribution >= 4 is 29.0 Å². The number of allylic oxidation sites excluding steroid dienone is 1. The SMILES string of the molecule is CCCCCCC1CCC(/C=C/c2ccc(/C=C/c3cc(F)c(-c4cc(F)c5c(F)c(C#CC(F)(F)F)c(F)cc5c4)c(F)c3)c(F)c2)CC1. The quantitative estimate of drug-likeness (QED) is 0.0669. The second kappa shape index (κ2) is 16.1. The molecule has 1 aliphatic carbocycles. The minimum absolute atomic E-state index is 0.0271. The summed E-state index contributed by atoms with van der Waals surface area (Å²) in [6, 6.07) is 8.62. The Morgan fingerprint density at radius 3 is 2.06 bits per heavy atom. The molecule has 5 rings (SSSR count). The molecule has 0 aromatic heterocycles. The van der Waals surface area contributed by atoms with Crippen LogP contribution in [0.2, 0.25) is 0 Å². The van der Waals surface area contributed by atoms with Gasteiger partial charge in [-0.3, -0.25) is 0 Å².